The van der Waals surface area contributed by atoms with Crippen LogP contribution in [0.5, 0.6) is 11.5 Å². The predicted molar refractivity (Wildman–Crippen MR) is 96.2 cm³/mol. The fraction of sp³-hybridized carbons (Fsp3) is 0.579. The molecule has 2 N–H and O–H groups in total. The summed E-state index contributed by atoms with van der Waals surface area (Å²) in [5.74, 6) is 1.45. The Morgan fingerprint density at radius 1 is 1.23 bits per heavy atom. The molecule has 7 nitrogen and oxygen atoms in total. The quantitative estimate of drug-likeness (QED) is 0.870. The summed E-state index contributed by atoms with van der Waals surface area (Å²) in [6.45, 7) is 4.80. The second-order valence-corrected chi connectivity index (χ2v) is 7.41. The summed E-state index contributed by atoms with van der Waals surface area (Å²) in [5.41, 5.74) is 6.52. The number of likely N-dealkylation sites (tertiary alicyclic amines) is 1. The average molecular weight is 359 g/mol. The molecule has 2 amide bonds. The molecule has 2 fully saturated rings. The highest BCUT2D eigenvalue weighted by Gasteiger charge is 2.41. The molecule has 0 spiro atoms. The zero-order valence-corrected chi connectivity index (χ0v) is 15.0. The van der Waals surface area contributed by atoms with Gasteiger partial charge in [0.15, 0.2) is 11.5 Å². The van der Waals surface area contributed by atoms with Crippen LogP contribution < -0.4 is 20.1 Å². The number of hydrogen-bond acceptors (Lipinski definition) is 5. The van der Waals surface area contributed by atoms with E-state index >= 15 is 0 Å². The van der Waals surface area contributed by atoms with Gasteiger partial charge in [0, 0.05) is 37.3 Å². The van der Waals surface area contributed by atoms with Gasteiger partial charge in [0.1, 0.15) is 13.2 Å². The second kappa shape index (κ2) is 6.79. The molecule has 0 saturated carbocycles. The Kier molecular flexibility index (Phi) is 4.48. The number of nitrogens with two attached hydrogens (primary N) is 1. The fourth-order valence-electron chi connectivity index (χ4n) is 4.18. The second-order valence-electron chi connectivity index (χ2n) is 7.41. The standard InChI is InChI=1S/C19H25N3O4/c1-12-6-13(9-20)10-21(12)19(24)14-7-18(23)22(11-14)15-2-3-16-17(8-15)26-5-4-25-16/h2-3,8,12-14H,4-7,9-11,20H2,1H3. The van der Waals surface area contributed by atoms with Gasteiger partial charge in [0.25, 0.3) is 0 Å². The van der Waals surface area contributed by atoms with Crippen LogP contribution in [0.15, 0.2) is 18.2 Å². The number of hydrogen-bond donors (Lipinski definition) is 1. The van der Waals surface area contributed by atoms with Crippen LogP contribution in [-0.4, -0.2) is 55.6 Å². The first-order chi connectivity index (χ1) is 12.6. The van der Waals surface area contributed by atoms with Crippen molar-refractivity contribution in [2.45, 2.75) is 25.8 Å². The van der Waals surface area contributed by atoms with Crippen molar-refractivity contribution in [1.29, 1.82) is 0 Å². The van der Waals surface area contributed by atoms with Gasteiger partial charge in [0.05, 0.1) is 5.92 Å². The van der Waals surface area contributed by atoms with Crippen LogP contribution in [-0.2, 0) is 9.59 Å². The van der Waals surface area contributed by atoms with Gasteiger partial charge in [-0.25, -0.2) is 0 Å². The normalized spacial score (nSPS) is 27.9. The molecule has 7 heteroatoms. The summed E-state index contributed by atoms with van der Waals surface area (Å²) < 4.78 is 11.1. The van der Waals surface area contributed by atoms with Crippen LogP contribution in [0.25, 0.3) is 0 Å². The van der Waals surface area contributed by atoms with Gasteiger partial charge in [-0.3, -0.25) is 9.59 Å². The van der Waals surface area contributed by atoms with Crippen molar-refractivity contribution in [3.8, 4) is 11.5 Å². The SMILES string of the molecule is CC1CC(CN)CN1C(=O)C1CC(=O)N(c2ccc3c(c2)OCCO3)C1. The smallest absolute Gasteiger partial charge is 0.228 e. The molecular formula is C19H25N3O4. The first-order valence-electron chi connectivity index (χ1n) is 9.27. The van der Waals surface area contributed by atoms with Crippen molar-refractivity contribution in [2.75, 3.05) is 37.7 Å². The van der Waals surface area contributed by atoms with E-state index in [1.54, 1.807) is 4.90 Å². The van der Waals surface area contributed by atoms with Crippen molar-refractivity contribution in [3.05, 3.63) is 18.2 Å². The van der Waals surface area contributed by atoms with E-state index in [1.807, 2.05) is 23.1 Å². The first kappa shape index (κ1) is 17.1. The Bertz CT molecular complexity index is 723. The third-order valence-corrected chi connectivity index (χ3v) is 5.59. The Morgan fingerprint density at radius 3 is 2.73 bits per heavy atom. The van der Waals surface area contributed by atoms with Crippen LogP contribution in [0, 0.1) is 11.8 Å². The molecule has 1 aromatic carbocycles. The number of fused-ring (bicyclic) bond motifs is 1. The topological polar surface area (TPSA) is 85.1 Å². The van der Waals surface area contributed by atoms with E-state index in [1.165, 1.54) is 0 Å². The number of anilines is 1. The van der Waals surface area contributed by atoms with Gasteiger partial charge < -0.3 is 25.0 Å². The van der Waals surface area contributed by atoms with Crippen LogP contribution in [0.2, 0.25) is 0 Å². The van der Waals surface area contributed by atoms with Gasteiger partial charge in [-0.2, -0.15) is 0 Å². The monoisotopic (exact) mass is 359 g/mol. The lowest BCUT2D eigenvalue weighted by Gasteiger charge is -2.25. The predicted octanol–water partition coefficient (Wildman–Crippen LogP) is 1.01. The lowest BCUT2D eigenvalue weighted by atomic mass is 10.1. The molecular weight excluding hydrogens is 334 g/mol. The summed E-state index contributed by atoms with van der Waals surface area (Å²) in [5, 5.41) is 0. The molecule has 3 aliphatic rings. The van der Waals surface area contributed by atoms with E-state index in [0.717, 1.165) is 12.1 Å². The molecule has 0 radical (unpaired) electrons. The first-order valence-corrected chi connectivity index (χ1v) is 9.27. The minimum absolute atomic E-state index is 0.0257. The molecule has 4 rings (SSSR count). The molecule has 26 heavy (non-hydrogen) atoms. The van der Waals surface area contributed by atoms with Crippen molar-refractivity contribution < 1.29 is 19.1 Å². The van der Waals surface area contributed by atoms with Crippen molar-refractivity contribution in [2.24, 2.45) is 17.6 Å². The van der Waals surface area contributed by atoms with Crippen LogP contribution in [0.3, 0.4) is 0 Å². The van der Waals surface area contributed by atoms with Crippen LogP contribution in [0.4, 0.5) is 5.69 Å². The molecule has 3 heterocycles. The minimum Gasteiger partial charge on any atom is -0.486 e. The van der Waals surface area contributed by atoms with Gasteiger partial charge in [-0.1, -0.05) is 0 Å². The summed E-state index contributed by atoms with van der Waals surface area (Å²) in [7, 11) is 0. The van der Waals surface area contributed by atoms with Gasteiger partial charge in [-0.05, 0) is 37.9 Å². The third kappa shape index (κ3) is 3.00. The van der Waals surface area contributed by atoms with E-state index in [-0.39, 0.29) is 30.2 Å². The Balaban J connectivity index is 1.48. The van der Waals surface area contributed by atoms with Crippen LogP contribution >= 0.6 is 0 Å². The zero-order chi connectivity index (χ0) is 18.3. The number of rotatable bonds is 3. The highest BCUT2D eigenvalue weighted by Crippen LogP contribution is 2.36. The molecule has 3 unspecified atom stereocenters. The van der Waals surface area contributed by atoms with Gasteiger partial charge in [-0.15, -0.1) is 0 Å². The maximum atomic E-state index is 12.9. The number of nitrogens with zero attached hydrogens (tertiary/aromatic N) is 2. The van der Waals surface area contributed by atoms with Crippen molar-refractivity contribution in [1.82, 2.24) is 4.90 Å². The van der Waals surface area contributed by atoms with E-state index in [4.69, 9.17) is 15.2 Å². The van der Waals surface area contributed by atoms with E-state index in [2.05, 4.69) is 6.92 Å². The Morgan fingerprint density at radius 2 is 2.00 bits per heavy atom. The Hall–Kier alpha value is -2.28. The molecule has 140 valence electrons. The summed E-state index contributed by atoms with van der Waals surface area (Å²) >= 11 is 0. The molecule has 0 bridgehead atoms. The zero-order valence-electron chi connectivity index (χ0n) is 15.0. The van der Waals surface area contributed by atoms with Crippen molar-refractivity contribution in [3.63, 3.8) is 0 Å². The number of amides is 2. The summed E-state index contributed by atoms with van der Waals surface area (Å²) in [4.78, 5) is 29.1. The largest absolute Gasteiger partial charge is 0.486 e. The van der Waals surface area contributed by atoms with Gasteiger partial charge in [0.2, 0.25) is 11.8 Å². The number of carbonyl (C=O) groups excluding carboxylic acids is 2. The lowest BCUT2D eigenvalue weighted by Crippen LogP contribution is -2.40. The van der Waals surface area contributed by atoms with E-state index in [0.29, 0.717) is 50.3 Å². The van der Waals surface area contributed by atoms with Crippen molar-refractivity contribution >= 4 is 17.5 Å². The fourth-order valence-corrected chi connectivity index (χ4v) is 4.18. The number of benzene rings is 1. The number of ether oxygens (including phenoxy) is 2. The summed E-state index contributed by atoms with van der Waals surface area (Å²) in [6.07, 6.45) is 1.19. The van der Waals surface area contributed by atoms with Gasteiger partial charge >= 0.3 is 0 Å². The highest BCUT2D eigenvalue weighted by molar-refractivity contribution is 6.00. The lowest BCUT2D eigenvalue weighted by molar-refractivity contribution is -0.136. The number of carbonyl (C=O) groups is 2. The molecule has 2 saturated heterocycles. The molecule has 3 atom stereocenters. The Labute approximate surface area is 153 Å². The third-order valence-electron chi connectivity index (χ3n) is 5.59. The van der Waals surface area contributed by atoms with E-state index in [9.17, 15) is 9.59 Å². The maximum Gasteiger partial charge on any atom is 0.228 e. The van der Waals surface area contributed by atoms with E-state index < -0.39 is 0 Å². The molecule has 3 aliphatic heterocycles. The molecule has 0 aliphatic carbocycles. The minimum atomic E-state index is -0.297. The highest BCUT2D eigenvalue weighted by atomic mass is 16.6. The average Bonchev–Trinajstić information content (AvgIpc) is 3.23. The molecule has 1 aromatic rings. The van der Waals surface area contributed by atoms with Crippen LogP contribution in [0.1, 0.15) is 19.8 Å². The molecule has 0 aromatic heterocycles. The maximum absolute atomic E-state index is 12.9. The summed E-state index contributed by atoms with van der Waals surface area (Å²) in [6, 6.07) is 5.68.